The molecule has 134 valence electrons. The van der Waals surface area contributed by atoms with Crippen LogP contribution in [0.4, 0.5) is 0 Å². The maximum Gasteiger partial charge on any atom is 0.253 e. The van der Waals surface area contributed by atoms with Gasteiger partial charge in [0.05, 0.1) is 22.6 Å². The van der Waals surface area contributed by atoms with Crippen LogP contribution in [0.15, 0.2) is 41.1 Å². The van der Waals surface area contributed by atoms with E-state index in [4.69, 9.17) is 0 Å². The molecule has 0 bridgehead atoms. The van der Waals surface area contributed by atoms with Gasteiger partial charge in [-0.05, 0) is 47.0 Å². The highest BCUT2D eigenvalue weighted by atomic mass is 79.9. The molecule has 2 aromatic rings. The largest absolute Gasteiger partial charge is 0.337 e. The predicted octanol–water partition coefficient (Wildman–Crippen LogP) is 1.79. The van der Waals surface area contributed by atoms with Crippen LogP contribution in [0.3, 0.4) is 0 Å². The number of aromatic nitrogens is 2. The van der Waals surface area contributed by atoms with Crippen LogP contribution in [0.5, 0.6) is 0 Å². The summed E-state index contributed by atoms with van der Waals surface area (Å²) in [5.41, 5.74) is 1.35. The van der Waals surface area contributed by atoms with E-state index < -0.39 is 10.0 Å². The molecule has 1 atom stereocenters. The van der Waals surface area contributed by atoms with Crippen molar-refractivity contribution >= 4 is 31.9 Å². The van der Waals surface area contributed by atoms with E-state index in [0.717, 1.165) is 29.3 Å². The van der Waals surface area contributed by atoms with E-state index in [2.05, 4.69) is 25.8 Å². The minimum Gasteiger partial charge on any atom is -0.337 e. The lowest BCUT2D eigenvalue weighted by molar-refractivity contribution is 0.0703. The van der Waals surface area contributed by atoms with E-state index in [0.29, 0.717) is 18.7 Å². The maximum atomic E-state index is 12.8. The summed E-state index contributed by atoms with van der Waals surface area (Å²) in [5, 5.41) is 4.22. The molecule has 1 aromatic heterocycles. The molecule has 1 amide bonds. The molecule has 0 radical (unpaired) electrons. The summed E-state index contributed by atoms with van der Waals surface area (Å²) in [6, 6.07) is 7.00. The molecule has 3 rings (SSSR count). The van der Waals surface area contributed by atoms with Gasteiger partial charge in [-0.2, -0.15) is 5.10 Å². The SMILES string of the molecule is CS(=O)(=O)N[C@@H]1CCCN(C(=O)c2cccc(-n3cc(Br)cn3)c2)C1. The number of likely N-dealkylation sites (tertiary alicyclic amines) is 1. The Morgan fingerprint density at radius 1 is 1.40 bits per heavy atom. The van der Waals surface area contributed by atoms with Gasteiger partial charge in [0, 0.05) is 30.9 Å². The van der Waals surface area contributed by atoms with Gasteiger partial charge in [0.25, 0.3) is 5.91 Å². The van der Waals surface area contributed by atoms with Crippen molar-refractivity contribution in [3.8, 4) is 5.69 Å². The third-order valence-corrected chi connectivity index (χ3v) is 5.17. The second-order valence-corrected chi connectivity index (χ2v) is 8.83. The van der Waals surface area contributed by atoms with Crippen molar-refractivity contribution in [1.29, 1.82) is 0 Å². The quantitative estimate of drug-likeness (QED) is 0.807. The number of piperidine rings is 1. The molecule has 0 spiro atoms. The molecule has 2 heterocycles. The molecule has 25 heavy (non-hydrogen) atoms. The number of rotatable bonds is 4. The summed E-state index contributed by atoms with van der Waals surface area (Å²) in [6.45, 7) is 1.00. The zero-order chi connectivity index (χ0) is 18.0. The zero-order valence-corrected chi connectivity index (χ0v) is 16.1. The van der Waals surface area contributed by atoms with Crippen LogP contribution >= 0.6 is 15.9 Å². The number of amides is 1. The standard InChI is InChI=1S/C16H19BrN4O3S/c1-25(23,24)19-14-5-3-7-20(11-14)16(22)12-4-2-6-15(8-12)21-10-13(17)9-18-21/h2,4,6,8-10,14,19H,3,5,7,11H2,1H3/t14-/m1/s1. The fourth-order valence-corrected chi connectivity index (χ4v) is 4.05. The van der Waals surface area contributed by atoms with Crippen molar-refractivity contribution in [3.63, 3.8) is 0 Å². The van der Waals surface area contributed by atoms with Gasteiger partial charge in [0.15, 0.2) is 0 Å². The van der Waals surface area contributed by atoms with Crippen molar-refractivity contribution < 1.29 is 13.2 Å². The van der Waals surface area contributed by atoms with Crippen molar-refractivity contribution in [1.82, 2.24) is 19.4 Å². The van der Waals surface area contributed by atoms with E-state index in [-0.39, 0.29) is 11.9 Å². The van der Waals surface area contributed by atoms with Gasteiger partial charge in [0.1, 0.15) is 0 Å². The molecule has 1 fully saturated rings. The molecular formula is C16H19BrN4O3S. The summed E-state index contributed by atoms with van der Waals surface area (Å²) >= 11 is 3.36. The van der Waals surface area contributed by atoms with E-state index >= 15 is 0 Å². The number of halogens is 1. The van der Waals surface area contributed by atoms with Gasteiger partial charge in [-0.1, -0.05) is 6.07 Å². The third kappa shape index (κ3) is 4.68. The normalized spacial score (nSPS) is 18.3. The van der Waals surface area contributed by atoms with Crippen molar-refractivity contribution in [3.05, 3.63) is 46.7 Å². The average Bonchev–Trinajstić information content (AvgIpc) is 2.99. The first kappa shape index (κ1) is 18.1. The monoisotopic (exact) mass is 426 g/mol. The Kier molecular flexibility index (Phi) is 5.26. The molecule has 0 unspecified atom stereocenters. The second kappa shape index (κ2) is 7.27. The van der Waals surface area contributed by atoms with E-state index in [1.807, 2.05) is 18.3 Å². The first-order chi connectivity index (χ1) is 11.8. The van der Waals surface area contributed by atoms with Gasteiger partial charge >= 0.3 is 0 Å². The number of benzene rings is 1. The first-order valence-corrected chi connectivity index (χ1v) is 10.6. The molecule has 1 N–H and O–H groups in total. The fraction of sp³-hybridized carbons (Fsp3) is 0.375. The minimum absolute atomic E-state index is 0.104. The van der Waals surface area contributed by atoms with Crippen molar-refractivity contribution in [2.24, 2.45) is 0 Å². The Morgan fingerprint density at radius 3 is 2.88 bits per heavy atom. The van der Waals surface area contributed by atoms with Crippen molar-refractivity contribution in [2.75, 3.05) is 19.3 Å². The number of sulfonamides is 1. The summed E-state index contributed by atoms with van der Waals surface area (Å²) in [6.07, 6.45) is 6.14. The van der Waals surface area contributed by atoms with E-state index in [1.54, 1.807) is 27.9 Å². The Hall–Kier alpha value is -1.71. The summed E-state index contributed by atoms with van der Waals surface area (Å²) in [5.74, 6) is -0.104. The maximum absolute atomic E-state index is 12.8. The van der Waals surface area contributed by atoms with Crippen LogP contribution in [0.1, 0.15) is 23.2 Å². The summed E-state index contributed by atoms with van der Waals surface area (Å²) < 4.78 is 28.0. The Labute approximate surface area is 155 Å². The molecule has 0 aliphatic carbocycles. The molecule has 1 aliphatic rings. The average molecular weight is 427 g/mol. The highest BCUT2D eigenvalue weighted by Crippen LogP contribution is 2.18. The summed E-state index contributed by atoms with van der Waals surface area (Å²) in [4.78, 5) is 14.5. The van der Waals surface area contributed by atoms with Crippen molar-refractivity contribution in [2.45, 2.75) is 18.9 Å². The van der Waals surface area contributed by atoms with Crippen LogP contribution < -0.4 is 4.72 Å². The summed E-state index contributed by atoms with van der Waals surface area (Å²) in [7, 11) is -3.28. The van der Waals surface area contributed by atoms with E-state index in [1.165, 1.54) is 0 Å². The zero-order valence-electron chi connectivity index (χ0n) is 13.7. The molecule has 9 heteroatoms. The predicted molar refractivity (Wildman–Crippen MR) is 98.2 cm³/mol. The number of carbonyl (C=O) groups is 1. The van der Waals surface area contributed by atoms with Gasteiger partial charge < -0.3 is 4.90 Å². The number of nitrogens with zero attached hydrogens (tertiary/aromatic N) is 3. The van der Waals surface area contributed by atoms with Crippen LogP contribution in [0.25, 0.3) is 5.69 Å². The number of carbonyl (C=O) groups excluding carboxylic acids is 1. The molecule has 1 saturated heterocycles. The van der Waals surface area contributed by atoms with Crippen LogP contribution in [0.2, 0.25) is 0 Å². The Bertz CT molecular complexity index is 881. The van der Waals surface area contributed by atoms with Crippen LogP contribution in [-0.4, -0.2) is 54.4 Å². The molecular weight excluding hydrogens is 408 g/mol. The van der Waals surface area contributed by atoms with Gasteiger partial charge in [0.2, 0.25) is 10.0 Å². The minimum atomic E-state index is -3.28. The lowest BCUT2D eigenvalue weighted by Crippen LogP contribution is -2.49. The van der Waals surface area contributed by atoms with E-state index in [9.17, 15) is 13.2 Å². The number of nitrogens with one attached hydrogen (secondary N) is 1. The second-order valence-electron chi connectivity index (χ2n) is 6.13. The lowest BCUT2D eigenvalue weighted by atomic mass is 10.1. The fourth-order valence-electron chi connectivity index (χ4n) is 2.97. The lowest BCUT2D eigenvalue weighted by Gasteiger charge is -2.32. The van der Waals surface area contributed by atoms with Gasteiger partial charge in [-0.3, -0.25) is 4.79 Å². The topological polar surface area (TPSA) is 84.3 Å². The molecule has 1 aliphatic heterocycles. The highest BCUT2D eigenvalue weighted by Gasteiger charge is 2.26. The number of hydrogen-bond acceptors (Lipinski definition) is 4. The Morgan fingerprint density at radius 2 is 2.20 bits per heavy atom. The molecule has 0 saturated carbocycles. The smallest absolute Gasteiger partial charge is 0.253 e. The first-order valence-electron chi connectivity index (χ1n) is 7.89. The van der Waals surface area contributed by atoms with Crippen LogP contribution in [0, 0.1) is 0 Å². The van der Waals surface area contributed by atoms with Gasteiger partial charge in [-0.15, -0.1) is 0 Å². The van der Waals surface area contributed by atoms with Crippen LogP contribution in [-0.2, 0) is 10.0 Å². The number of hydrogen-bond donors (Lipinski definition) is 1. The Balaban J connectivity index is 1.76. The molecule has 7 nitrogen and oxygen atoms in total. The third-order valence-electron chi connectivity index (χ3n) is 4.00. The van der Waals surface area contributed by atoms with Gasteiger partial charge in [-0.25, -0.2) is 17.8 Å². The molecule has 1 aromatic carbocycles. The highest BCUT2D eigenvalue weighted by molar-refractivity contribution is 9.10.